The van der Waals surface area contributed by atoms with Gasteiger partial charge in [0.1, 0.15) is 0 Å². The van der Waals surface area contributed by atoms with Crippen molar-refractivity contribution < 1.29 is 26.7 Å². The minimum Gasteiger partial charge on any atom is -0.478 e. The molecule has 2 unspecified atom stereocenters. The lowest BCUT2D eigenvalue weighted by molar-refractivity contribution is -0.0486. The van der Waals surface area contributed by atoms with E-state index in [9.17, 15) is 0 Å². The molecule has 0 radical (unpaired) electrons. The minimum absolute atomic E-state index is 0.0000637. The summed E-state index contributed by atoms with van der Waals surface area (Å²) in [6.07, 6.45) is 20.2. The SMILES string of the molecule is CCC(CCCCCOc1cc2c(c(F)n1)C(F)(F)C(c1ccc(CCCCCCCCCC3CC3)c(F)c1F)CC2)C1CC1. The van der Waals surface area contributed by atoms with Crippen LogP contribution in [-0.4, -0.2) is 11.6 Å². The molecule has 0 amide bonds. The van der Waals surface area contributed by atoms with Crippen LogP contribution in [0, 0.1) is 35.3 Å². The Morgan fingerprint density at radius 1 is 0.844 bits per heavy atom. The first-order valence-electron chi connectivity index (χ1n) is 18.0. The number of rotatable bonds is 20. The standard InChI is InChI=1S/C38H52F5NO/c1-2-27(28-18-19-28)14-11-8-12-24-45-33-25-30-21-23-32(38(42,43)34(30)37(41)44-33)31-22-20-29(35(39)36(31)40)15-10-7-5-3-4-6-9-13-26-16-17-26/h20,22,25-28,32H,2-19,21,23-24H2,1H3. The van der Waals surface area contributed by atoms with E-state index in [4.69, 9.17) is 4.74 Å². The van der Waals surface area contributed by atoms with E-state index in [0.717, 1.165) is 62.7 Å². The van der Waals surface area contributed by atoms with Crippen molar-refractivity contribution in [3.8, 4) is 5.88 Å². The lowest BCUT2D eigenvalue weighted by Crippen LogP contribution is -2.32. The van der Waals surface area contributed by atoms with E-state index in [1.54, 1.807) is 0 Å². The molecule has 7 heteroatoms. The second-order valence-electron chi connectivity index (χ2n) is 14.1. The van der Waals surface area contributed by atoms with Gasteiger partial charge in [0.05, 0.1) is 18.1 Å². The molecule has 2 aromatic rings. The second-order valence-corrected chi connectivity index (χ2v) is 14.1. The van der Waals surface area contributed by atoms with Crippen LogP contribution < -0.4 is 4.74 Å². The molecular weight excluding hydrogens is 581 g/mol. The molecule has 1 aromatic heterocycles. The Labute approximate surface area is 266 Å². The van der Waals surface area contributed by atoms with E-state index in [2.05, 4.69) is 11.9 Å². The lowest BCUT2D eigenvalue weighted by atomic mass is 9.77. The number of unbranched alkanes of at least 4 members (excludes halogenated alkanes) is 8. The third-order valence-electron chi connectivity index (χ3n) is 10.6. The zero-order valence-corrected chi connectivity index (χ0v) is 27.1. The van der Waals surface area contributed by atoms with Crippen LogP contribution in [0.25, 0.3) is 0 Å². The topological polar surface area (TPSA) is 22.1 Å². The van der Waals surface area contributed by atoms with Crippen LogP contribution in [-0.2, 0) is 18.8 Å². The number of halogens is 5. The van der Waals surface area contributed by atoms with Crippen LogP contribution in [0.2, 0.25) is 0 Å². The van der Waals surface area contributed by atoms with Gasteiger partial charge in [-0.2, -0.15) is 9.37 Å². The van der Waals surface area contributed by atoms with E-state index in [1.165, 1.54) is 82.4 Å². The van der Waals surface area contributed by atoms with Gasteiger partial charge in [-0.3, -0.25) is 0 Å². The molecule has 2 saturated carbocycles. The van der Waals surface area contributed by atoms with Gasteiger partial charge in [0.2, 0.25) is 11.8 Å². The molecule has 2 fully saturated rings. The van der Waals surface area contributed by atoms with Crippen molar-refractivity contribution in [3.63, 3.8) is 0 Å². The van der Waals surface area contributed by atoms with Crippen molar-refractivity contribution in [3.05, 3.63) is 58.0 Å². The minimum atomic E-state index is -3.73. The van der Waals surface area contributed by atoms with Crippen molar-refractivity contribution >= 4 is 0 Å². The first kappa shape index (κ1) is 34.2. The van der Waals surface area contributed by atoms with E-state index >= 15 is 22.0 Å². The summed E-state index contributed by atoms with van der Waals surface area (Å²) in [6.45, 7) is 2.60. The van der Waals surface area contributed by atoms with Crippen LogP contribution in [0.1, 0.15) is 151 Å². The highest BCUT2D eigenvalue weighted by Crippen LogP contribution is 2.51. The number of pyridine rings is 1. The molecule has 2 nitrogen and oxygen atoms in total. The number of benzene rings is 1. The number of alkyl halides is 2. The molecule has 2 atom stereocenters. The molecule has 0 aliphatic heterocycles. The Kier molecular flexibility index (Phi) is 12.2. The summed E-state index contributed by atoms with van der Waals surface area (Å²) in [6, 6.07) is 4.08. The first-order valence-corrected chi connectivity index (χ1v) is 18.0. The predicted octanol–water partition coefficient (Wildman–Crippen LogP) is 11.8. The number of ether oxygens (including phenoxy) is 1. The fourth-order valence-corrected chi connectivity index (χ4v) is 7.48. The fraction of sp³-hybridized carbons (Fsp3) is 0.711. The molecule has 1 heterocycles. The zero-order valence-electron chi connectivity index (χ0n) is 27.1. The third kappa shape index (κ3) is 9.22. The Morgan fingerprint density at radius 2 is 1.56 bits per heavy atom. The van der Waals surface area contributed by atoms with Gasteiger partial charge >= 0.3 is 0 Å². The fourth-order valence-electron chi connectivity index (χ4n) is 7.48. The first-order chi connectivity index (χ1) is 21.8. The molecule has 0 N–H and O–H groups in total. The highest BCUT2D eigenvalue weighted by Gasteiger charge is 2.50. The Morgan fingerprint density at radius 3 is 2.27 bits per heavy atom. The average Bonchev–Trinajstić information content (AvgIpc) is 3.94. The van der Waals surface area contributed by atoms with Crippen LogP contribution in [0.3, 0.4) is 0 Å². The van der Waals surface area contributed by atoms with Crippen LogP contribution in [0.5, 0.6) is 5.88 Å². The molecule has 3 aliphatic carbocycles. The van der Waals surface area contributed by atoms with Gasteiger partial charge in [-0.1, -0.05) is 103 Å². The number of aryl methyl sites for hydroxylation is 2. The quantitative estimate of drug-likeness (QED) is 0.0822. The molecule has 0 bridgehead atoms. The Balaban J connectivity index is 1.10. The smallest absolute Gasteiger partial charge is 0.284 e. The average molecular weight is 634 g/mol. The number of fused-ring (bicyclic) bond motifs is 1. The van der Waals surface area contributed by atoms with E-state index in [0.29, 0.717) is 13.0 Å². The predicted molar refractivity (Wildman–Crippen MR) is 169 cm³/mol. The zero-order chi connectivity index (χ0) is 31.8. The van der Waals surface area contributed by atoms with Crippen LogP contribution >= 0.6 is 0 Å². The summed E-state index contributed by atoms with van der Waals surface area (Å²) in [5.41, 5.74) is -0.893. The van der Waals surface area contributed by atoms with Crippen molar-refractivity contribution in [2.45, 2.75) is 147 Å². The molecule has 45 heavy (non-hydrogen) atoms. The van der Waals surface area contributed by atoms with Crippen molar-refractivity contribution in [1.82, 2.24) is 4.98 Å². The molecule has 0 saturated heterocycles. The third-order valence-corrected chi connectivity index (χ3v) is 10.6. The largest absolute Gasteiger partial charge is 0.478 e. The summed E-state index contributed by atoms with van der Waals surface area (Å²) in [4.78, 5) is 3.70. The van der Waals surface area contributed by atoms with Gasteiger partial charge in [0.25, 0.3) is 5.92 Å². The Bertz CT molecular complexity index is 1240. The molecule has 3 aliphatic rings. The van der Waals surface area contributed by atoms with Gasteiger partial charge < -0.3 is 4.74 Å². The van der Waals surface area contributed by atoms with Crippen molar-refractivity contribution in [1.29, 1.82) is 0 Å². The van der Waals surface area contributed by atoms with E-state index in [-0.39, 0.29) is 29.8 Å². The summed E-state index contributed by atoms with van der Waals surface area (Å²) in [7, 11) is 0. The molecule has 1 aromatic carbocycles. The van der Waals surface area contributed by atoms with Crippen LogP contribution in [0.15, 0.2) is 18.2 Å². The van der Waals surface area contributed by atoms with Gasteiger partial charge in [-0.15, -0.1) is 0 Å². The number of hydrogen-bond donors (Lipinski definition) is 0. The monoisotopic (exact) mass is 633 g/mol. The Hall–Kier alpha value is -2.18. The molecule has 250 valence electrons. The van der Waals surface area contributed by atoms with E-state index < -0.39 is 40.5 Å². The maximum atomic E-state index is 15.7. The van der Waals surface area contributed by atoms with Crippen molar-refractivity contribution in [2.24, 2.45) is 17.8 Å². The van der Waals surface area contributed by atoms with Gasteiger partial charge in [-0.05, 0) is 73.8 Å². The lowest BCUT2D eigenvalue weighted by Gasteiger charge is -2.34. The highest BCUT2D eigenvalue weighted by atomic mass is 19.3. The molecule has 5 rings (SSSR count). The summed E-state index contributed by atoms with van der Waals surface area (Å²) >= 11 is 0. The second kappa shape index (κ2) is 16.1. The molecular formula is C38H52F5NO. The maximum Gasteiger partial charge on any atom is 0.284 e. The maximum absolute atomic E-state index is 15.7. The summed E-state index contributed by atoms with van der Waals surface area (Å²) < 4.78 is 82.5. The number of aromatic nitrogens is 1. The van der Waals surface area contributed by atoms with Crippen molar-refractivity contribution in [2.75, 3.05) is 6.61 Å². The molecule has 0 spiro atoms. The summed E-state index contributed by atoms with van der Waals surface area (Å²) in [5, 5.41) is 0. The highest BCUT2D eigenvalue weighted by molar-refractivity contribution is 5.41. The normalized spacial score (nSPS) is 19.8. The summed E-state index contributed by atoms with van der Waals surface area (Å²) in [5.74, 6) is -6.30. The number of nitrogens with zero attached hydrogens (tertiary/aromatic N) is 1. The number of hydrogen-bond acceptors (Lipinski definition) is 2. The van der Waals surface area contributed by atoms with Gasteiger partial charge in [0.15, 0.2) is 11.6 Å². The van der Waals surface area contributed by atoms with Gasteiger partial charge in [-0.25, -0.2) is 17.6 Å². The van der Waals surface area contributed by atoms with Gasteiger partial charge in [0, 0.05) is 11.6 Å². The van der Waals surface area contributed by atoms with Crippen LogP contribution in [0.4, 0.5) is 22.0 Å². The van der Waals surface area contributed by atoms with E-state index in [1.807, 2.05) is 0 Å².